The Morgan fingerprint density at radius 2 is 2.18 bits per heavy atom. The maximum Gasteiger partial charge on any atom is 0.225 e. The van der Waals surface area contributed by atoms with Crippen LogP contribution in [0.1, 0.15) is 19.0 Å². The number of anilines is 2. The molecule has 1 aliphatic heterocycles. The Bertz CT molecular complexity index is 467. The summed E-state index contributed by atoms with van der Waals surface area (Å²) in [7, 11) is 1.86. The number of carbonyl (C=O) groups is 1. The zero-order valence-electron chi connectivity index (χ0n) is 10.5. The van der Waals surface area contributed by atoms with Crippen LogP contribution in [0.4, 0.5) is 11.5 Å². The lowest BCUT2D eigenvalue weighted by Crippen LogP contribution is -2.37. The Morgan fingerprint density at radius 3 is 2.59 bits per heavy atom. The number of nitrogens with zero attached hydrogens (tertiary/aromatic N) is 3. The SMILES string of the molecule is Cc1nn(C)c(N2CCC(C)(C(N)=O)C2)c1N. The molecule has 0 aliphatic carbocycles. The number of amides is 1. The Labute approximate surface area is 101 Å². The summed E-state index contributed by atoms with van der Waals surface area (Å²) in [5.41, 5.74) is 12.5. The Balaban J connectivity index is 2.30. The van der Waals surface area contributed by atoms with Gasteiger partial charge in [-0.2, -0.15) is 5.10 Å². The van der Waals surface area contributed by atoms with Crippen molar-refractivity contribution < 1.29 is 4.79 Å². The first kappa shape index (κ1) is 11.8. The van der Waals surface area contributed by atoms with Gasteiger partial charge in [-0.25, -0.2) is 0 Å². The second kappa shape index (κ2) is 3.65. The Hall–Kier alpha value is -1.72. The molecular formula is C11H19N5O. The quantitative estimate of drug-likeness (QED) is 0.758. The van der Waals surface area contributed by atoms with Crippen molar-refractivity contribution in [2.24, 2.45) is 18.2 Å². The topological polar surface area (TPSA) is 90.2 Å². The standard InChI is InChI=1S/C11H19N5O/c1-7-8(12)9(15(3)14-7)16-5-4-11(2,6-16)10(13)17/h4-6,12H2,1-3H3,(H2,13,17). The molecule has 1 aromatic heterocycles. The van der Waals surface area contributed by atoms with E-state index in [1.165, 1.54) is 0 Å². The van der Waals surface area contributed by atoms with Crippen molar-refractivity contribution in [1.82, 2.24) is 9.78 Å². The number of hydrogen-bond donors (Lipinski definition) is 2. The molecule has 0 aromatic carbocycles. The van der Waals surface area contributed by atoms with Gasteiger partial charge in [0.1, 0.15) is 5.82 Å². The lowest BCUT2D eigenvalue weighted by Gasteiger charge is -2.22. The molecule has 0 spiro atoms. The highest BCUT2D eigenvalue weighted by Crippen LogP contribution is 2.35. The van der Waals surface area contributed by atoms with Crippen molar-refractivity contribution in [3.05, 3.63) is 5.69 Å². The minimum absolute atomic E-state index is 0.252. The fourth-order valence-electron chi connectivity index (χ4n) is 2.38. The average molecular weight is 237 g/mol. The second-order valence-electron chi connectivity index (χ2n) is 5.04. The summed E-state index contributed by atoms with van der Waals surface area (Å²) in [6.07, 6.45) is 0.756. The van der Waals surface area contributed by atoms with Crippen LogP contribution in [-0.4, -0.2) is 28.8 Å². The molecule has 1 saturated heterocycles. The number of nitrogens with two attached hydrogens (primary N) is 2. The summed E-state index contributed by atoms with van der Waals surface area (Å²) in [6, 6.07) is 0. The van der Waals surface area contributed by atoms with E-state index in [2.05, 4.69) is 10.00 Å². The lowest BCUT2D eigenvalue weighted by atomic mass is 9.89. The molecule has 1 atom stereocenters. The average Bonchev–Trinajstić information content (AvgIpc) is 2.71. The van der Waals surface area contributed by atoms with Crippen LogP contribution in [0.25, 0.3) is 0 Å². The molecule has 1 aromatic rings. The normalized spacial score (nSPS) is 24.3. The fourth-order valence-corrected chi connectivity index (χ4v) is 2.38. The zero-order valence-corrected chi connectivity index (χ0v) is 10.5. The summed E-state index contributed by atoms with van der Waals surface area (Å²) < 4.78 is 1.76. The number of primary amides is 1. The van der Waals surface area contributed by atoms with Gasteiger partial charge in [-0.1, -0.05) is 0 Å². The minimum atomic E-state index is -0.468. The van der Waals surface area contributed by atoms with E-state index in [9.17, 15) is 4.79 Å². The first-order chi connectivity index (χ1) is 7.85. The molecule has 4 N–H and O–H groups in total. The van der Waals surface area contributed by atoms with Gasteiger partial charge in [-0.15, -0.1) is 0 Å². The predicted molar refractivity (Wildman–Crippen MR) is 66.5 cm³/mol. The smallest absolute Gasteiger partial charge is 0.225 e. The molecule has 1 aliphatic rings. The van der Waals surface area contributed by atoms with Crippen molar-refractivity contribution in [3.8, 4) is 0 Å². The highest BCUT2D eigenvalue weighted by Gasteiger charge is 2.40. The van der Waals surface area contributed by atoms with Gasteiger partial charge >= 0.3 is 0 Å². The van der Waals surface area contributed by atoms with Crippen LogP contribution in [0.3, 0.4) is 0 Å². The first-order valence-corrected chi connectivity index (χ1v) is 5.69. The van der Waals surface area contributed by atoms with E-state index in [0.717, 1.165) is 24.5 Å². The van der Waals surface area contributed by atoms with Crippen LogP contribution in [0.2, 0.25) is 0 Å². The minimum Gasteiger partial charge on any atom is -0.394 e. The second-order valence-corrected chi connectivity index (χ2v) is 5.04. The van der Waals surface area contributed by atoms with Gasteiger partial charge in [0.05, 0.1) is 16.8 Å². The molecule has 2 heterocycles. The van der Waals surface area contributed by atoms with Crippen molar-refractivity contribution in [1.29, 1.82) is 0 Å². The van der Waals surface area contributed by atoms with E-state index in [1.807, 2.05) is 20.9 Å². The summed E-state index contributed by atoms with van der Waals surface area (Å²) in [4.78, 5) is 13.5. The van der Waals surface area contributed by atoms with E-state index >= 15 is 0 Å². The van der Waals surface area contributed by atoms with Crippen LogP contribution in [0.15, 0.2) is 0 Å². The third kappa shape index (κ3) is 1.73. The maximum absolute atomic E-state index is 11.4. The molecule has 2 rings (SSSR count). The van der Waals surface area contributed by atoms with Gasteiger partial charge in [-0.3, -0.25) is 9.48 Å². The molecule has 0 saturated carbocycles. The van der Waals surface area contributed by atoms with Crippen LogP contribution >= 0.6 is 0 Å². The summed E-state index contributed by atoms with van der Waals surface area (Å²) in [5, 5.41) is 4.28. The van der Waals surface area contributed by atoms with Crippen LogP contribution in [0.5, 0.6) is 0 Å². The molecule has 0 radical (unpaired) electrons. The number of aromatic nitrogens is 2. The molecule has 1 amide bonds. The summed E-state index contributed by atoms with van der Waals surface area (Å²) in [6.45, 7) is 5.16. The van der Waals surface area contributed by atoms with Gasteiger partial charge in [0.15, 0.2) is 0 Å². The molecule has 0 bridgehead atoms. The van der Waals surface area contributed by atoms with Crippen molar-refractivity contribution in [2.75, 3.05) is 23.7 Å². The van der Waals surface area contributed by atoms with Crippen LogP contribution in [-0.2, 0) is 11.8 Å². The highest BCUT2D eigenvalue weighted by atomic mass is 16.1. The summed E-state index contributed by atoms with van der Waals surface area (Å²) in [5.74, 6) is 0.630. The number of aryl methyl sites for hydroxylation is 2. The van der Waals surface area contributed by atoms with E-state index in [0.29, 0.717) is 12.2 Å². The molecule has 17 heavy (non-hydrogen) atoms. The molecular weight excluding hydrogens is 218 g/mol. The van der Waals surface area contributed by atoms with Crippen LogP contribution in [0, 0.1) is 12.3 Å². The van der Waals surface area contributed by atoms with Crippen LogP contribution < -0.4 is 16.4 Å². The van der Waals surface area contributed by atoms with Gasteiger partial charge in [0.25, 0.3) is 0 Å². The molecule has 94 valence electrons. The third-order valence-corrected chi connectivity index (χ3v) is 3.60. The number of carbonyl (C=O) groups excluding carboxylic acids is 1. The van der Waals surface area contributed by atoms with Crippen molar-refractivity contribution in [2.45, 2.75) is 20.3 Å². The number of hydrogen-bond acceptors (Lipinski definition) is 4. The van der Waals surface area contributed by atoms with E-state index < -0.39 is 5.41 Å². The van der Waals surface area contributed by atoms with Gasteiger partial charge in [0.2, 0.25) is 5.91 Å². The van der Waals surface area contributed by atoms with Gasteiger partial charge in [0, 0.05) is 20.1 Å². The third-order valence-electron chi connectivity index (χ3n) is 3.60. The first-order valence-electron chi connectivity index (χ1n) is 5.69. The van der Waals surface area contributed by atoms with Gasteiger partial charge < -0.3 is 16.4 Å². The van der Waals surface area contributed by atoms with E-state index in [1.54, 1.807) is 4.68 Å². The van der Waals surface area contributed by atoms with E-state index in [4.69, 9.17) is 11.5 Å². The van der Waals surface area contributed by atoms with Gasteiger partial charge in [-0.05, 0) is 20.3 Å². The molecule has 1 fully saturated rings. The molecule has 6 nitrogen and oxygen atoms in total. The number of nitrogen functional groups attached to an aromatic ring is 1. The molecule has 1 unspecified atom stereocenters. The Kier molecular flexibility index (Phi) is 2.52. The van der Waals surface area contributed by atoms with Crippen molar-refractivity contribution >= 4 is 17.4 Å². The zero-order chi connectivity index (χ0) is 12.8. The largest absolute Gasteiger partial charge is 0.394 e. The lowest BCUT2D eigenvalue weighted by molar-refractivity contribution is -0.125. The summed E-state index contributed by atoms with van der Waals surface area (Å²) >= 11 is 0. The molecule has 6 heteroatoms. The maximum atomic E-state index is 11.4. The number of rotatable bonds is 2. The monoisotopic (exact) mass is 237 g/mol. The highest BCUT2D eigenvalue weighted by molar-refractivity contribution is 5.82. The van der Waals surface area contributed by atoms with Crippen molar-refractivity contribution in [3.63, 3.8) is 0 Å². The van der Waals surface area contributed by atoms with E-state index in [-0.39, 0.29) is 5.91 Å². The fraction of sp³-hybridized carbons (Fsp3) is 0.636. The Morgan fingerprint density at radius 1 is 1.53 bits per heavy atom. The predicted octanol–water partition coefficient (Wildman–Crippen LogP) is 0.0124.